The van der Waals surface area contributed by atoms with E-state index in [1.165, 1.54) is 12.3 Å². The number of hydrogen-bond donors (Lipinski definition) is 1. The van der Waals surface area contributed by atoms with Gasteiger partial charge in [0, 0.05) is 18.3 Å². The lowest BCUT2D eigenvalue weighted by atomic mass is 10.1. The predicted molar refractivity (Wildman–Crippen MR) is 67.8 cm³/mol. The minimum atomic E-state index is -0.605. The zero-order valence-corrected chi connectivity index (χ0v) is 10.0. The number of nitrogens with one attached hydrogen (secondary N) is 1. The van der Waals surface area contributed by atoms with Gasteiger partial charge in [0.2, 0.25) is 5.95 Å². The quantitative estimate of drug-likeness (QED) is 0.841. The van der Waals surface area contributed by atoms with E-state index in [-0.39, 0.29) is 5.91 Å². The first-order chi connectivity index (χ1) is 9.22. The van der Waals surface area contributed by atoms with Crippen molar-refractivity contribution in [3.05, 3.63) is 53.6 Å². The number of aromatic nitrogens is 1. The first kappa shape index (κ1) is 11.6. The zero-order chi connectivity index (χ0) is 13.2. The van der Waals surface area contributed by atoms with E-state index in [1.54, 1.807) is 6.07 Å². The monoisotopic (exact) mass is 258 g/mol. The molecule has 4 nitrogen and oxygen atoms in total. The molecule has 96 valence electrons. The van der Waals surface area contributed by atoms with Crippen LogP contribution in [0.25, 0.3) is 0 Å². The number of benzene rings is 1. The summed E-state index contributed by atoms with van der Waals surface area (Å²) < 4.78 is 18.1. The molecule has 3 rings (SSSR count). The lowest BCUT2D eigenvalue weighted by Gasteiger charge is -2.06. The van der Waals surface area contributed by atoms with Crippen molar-refractivity contribution < 1.29 is 13.9 Å². The minimum absolute atomic E-state index is 0.314. The third-order valence-electron chi connectivity index (χ3n) is 2.94. The largest absolute Gasteiger partial charge is 0.493 e. The average Bonchev–Trinajstić information content (AvgIpc) is 2.87. The number of hydrogen-bond acceptors (Lipinski definition) is 3. The molecule has 0 saturated carbocycles. The Morgan fingerprint density at radius 1 is 1.32 bits per heavy atom. The minimum Gasteiger partial charge on any atom is -0.493 e. The summed E-state index contributed by atoms with van der Waals surface area (Å²) >= 11 is 0. The van der Waals surface area contributed by atoms with Gasteiger partial charge in [-0.15, -0.1) is 0 Å². The van der Waals surface area contributed by atoms with Gasteiger partial charge in [0.05, 0.1) is 12.2 Å². The third-order valence-corrected chi connectivity index (χ3v) is 2.94. The summed E-state index contributed by atoms with van der Waals surface area (Å²) in [6.07, 6.45) is 2.05. The predicted octanol–water partition coefficient (Wildman–Crippen LogP) is 2.41. The number of ether oxygens (including phenoxy) is 1. The molecule has 0 radical (unpaired) electrons. The van der Waals surface area contributed by atoms with Crippen LogP contribution in [0.5, 0.6) is 5.75 Å². The fourth-order valence-electron chi connectivity index (χ4n) is 1.98. The van der Waals surface area contributed by atoms with Crippen molar-refractivity contribution in [2.24, 2.45) is 0 Å². The van der Waals surface area contributed by atoms with Crippen molar-refractivity contribution in [1.82, 2.24) is 4.98 Å². The van der Waals surface area contributed by atoms with E-state index in [9.17, 15) is 9.18 Å². The van der Waals surface area contributed by atoms with Crippen LogP contribution in [-0.2, 0) is 6.42 Å². The van der Waals surface area contributed by atoms with E-state index in [4.69, 9.17) is 4.74 Å². The van der Waals surface area contributed by atoms with E-state index in [0.29, 0.717) is 17.9 Å². The van der Waals surface area contributed by atoms with Crippen LogP contribution in [0, 0.1) is 5.95 Å². The van der Waals surface area contributed by atoms with E-state index in [0.717, 1.165) is 23.8 Å². The summed E-state index contributed by atoms with van der Waals surface area (Å²) in [5.41, 5.74) is 2.09. The maximum absolute atomic E-state index is 12.7. The summed E-state index contributed by atoms with van der Waals surface area (Å²) in [6, 6.07) is 8.05. The Labute approximate surface area is 109 Å². The van der Waals surface area contributed by atoms with Crippen LogP contribution in [0.3, 0.4) is 0 Å². The Morgan fingerprint density at radius 2 is 2.21 bits per heavy atom. The number of fused-ring (bicyclic) bond motifs is 1. The van der Waals surface area contributed by atoms with Gasteiger partial charge >= 0.3 is 0 Å². The maximum atomic E-state index is 12.7. The molecule has 0 aliphatic carbocycles. The van der Waals surface area contributed by atoms with Crippen LogP contribution in [0.2, 0.25) is 0 Å². The molecule has 1 aliphatic rings. The molecule has 2 aromatic rings. The van der Waals surface area contributed by atoms with Crippen LogP contribution in [0.15, 0.2) is 36.5 Å². The molecule has 1 amide bonds. The van der Waals surface area contributed by atoms with Gasteiger partial charge in [-0.1, -0.05) is 0 Å². The first-order valence-electron chi connectivity index (χ1n) is 5.91. The second-order valence-corrected chi connectivity index (χ2v) is 4.24. The molecule has 0 unspecified atom stereocenters. The Morgan fingerprint density at radius 3 is 3.00 bits per heavy atom. The molecule has 1 N–H and O–H groups in total. The molecular formula is C14H11FN2O2. The second kappa shape index (κ2) is 4.68. The van der Waals surface area contributed by atoms with Gasteiger partial charge in [0.1, 0.15) is 5.75 Å². The SMILES string of the molecule is O=C(Nc1ccc2c(c1)CCO2)c1ccc(F)nc1. The summed E-state index contributed by atoms with van der Waals surface area (Å²) in [6.45, 7) is 0.675. The van der Waals surface area contributed by atoms with Crippen LogP contribution in [0.1, 0.15) is 15.9 Å². The highest BCUT2D eigenvalue weighted by molar-refractivity contribution is 6.04. The maximum Gasteiger partial charge on any atom is 0.257 e. The zero-order valence-electron chi connectivity index (χ0n) is 10.0. The van der Waals surface area contributed by atoms with Gasteiger partial charge in [-0.25, -0.2) is 4.98 Å². The fraction of sp³-hybridized carbons (Fsp3) is 0.143. The molecule has 1 aromatic carbocycles. The van der Waals surface area contributed by atoms with Crippen LogP contribution in [0.4, 0.5) is 10.1 Å². The molecule has 0 spiro atoms. The summed E-state index contributed by atoms with van der Waals surface area (Å²) in [5.74, 6) is -0.0564. The first-order valence-corrected chi connectivity index (χ1v) is 5.91. The number of halogens is 1. The van der Waals surface area contributed by atoms with Gasteiger partial charge in [-0.3, -0.25) is 4.79 Å². The third kappa shape index (κ3) is 2.40. The number of rotatable bonds is 2. The molecule has 0 atom stereocenters. The fourth-order valence-corrected chi connectivity index (χ4v) is 1.98. The Bertz CT molecular complexity index is 626. The van der Waals surface area contributed by atoms with Crippen LogP contribution >= 0.6 is 0 Å². The Hall–Kier alpha value is -2.43. The Kier molecular flexibility index (Phi) is 2.87. The van der Waals surface area contributed by atoms with Crippen molar-refractivity contribution in [3.8, 4) is 5.75 Å². The van der Waals surface area contributed by atoms with E-state index >= 15 is 0 Å². The number of carbonyl (C=O) groups is 1. The number of pyridine rings is 1. The van der Waals surface area contributed by atoms with Gasteiger partial charge in [0.15, 0.2) is 0 Å². The van der Waals surface area contributed by atoms with Crippen LogP contribution in [-0.4, -0.2) is 17.5 Å². The Balaban J connectivity index is 1.77. The lowest BCUT2D eigenvalue weighted by Crippen LogP contribution is -2.12. The average molecular weight is 258 g/mol. The lowest BCUT2D eigenvalue weighted by molar-refractivity contribution is 0.102. The smallest absolute Gasteiger partial charge is 0.257 e. The summed E-state index contributed by atoms with van der Waals surface area (Å²) in [5, 5.41) is 2.75. The normalized spacial score (nSPS) is 12.7. The van der Waals surface area contributed by atoms with Gasteiger partial charge < -0.3 is 10.1 Å². The molecule has 1 aliphatic heterocycles. The van der Waals surface area contributed by atoms with Crippen molar-refractivity contribution >= 4 is 11.6 Å². The van der Waals surface area contributed by atoms with E-state index in [2.05, 4.69) is 10.3 Å². The van der Waals surface area contributed by atoms with E-state index in [1.807, 2.05) is 12.1 Å². The number of carbonyl (C=O) groups excluding carboxylic acids is 1. The molecular weight excluding hydrogens is 247 g/mol. The molecule has 0 saturated heterocycles. The number of amides is 1. The van der Waals surface area contributed by atoms with Crippen LogP contribution < -0.4 is 10.1 Å². The molecule has 1 aromatic heterocycles. The highest BCUT2D eigenvalue weighted by atomic mass is 19.1. The summed E-state index contributed by atoms with van der Waals surface area (Å²) in [4.78, 5) is 15.4. The van der Waals surface area contributed by atoms with Crippen molar-refractivity contribution in [2.45, 2.75) is 6.42 Å². The van der Waals surface area contributed by atoms with Crippen molar-refractivity contribution in [2.75, 3.05) is 11.9 Å². The standard InChI is InChI=1S/C14H11FN2O2/c15-13-4-1-10(8-16-13)14(18)17-11-2-3-12-9(7-11)5-6-19-12/h1-4,7-8H,5-6H2,(H,17,18). The van der Waals surface area contributed by atoms with Gasteiger partial charge in [-0.2, -0.15) is 4.39 Å². The number of nitrogens with zero attached hydrogens (tertiary/aromatic N) is 1. The summed E-state index contributed by atoms with van der Waals surface area (Å²) in [7, 11) is 0. The topological polar surface area (TPSA) is 51.2 Å². The molecule has 0 fully saturated rings. The van der Waals surface area contributed by atoms with Gasteiger partial charge in [-0.05, 0) is 35.9 Å². The van der Waals surface area contributed by atoms with E-state index < -0.39 is 5.95 Å². The number of anilines is 1. The second-order valence-electron chi connectivity index (χ2n) is 4.24. The van der Waals surface area contributed by atoms with Crippen molar-refractivity contribution in [1.29, 1.82) is 0 Å². The van der Waals surface area contributed by atoms with Gasteiger partial charge in [0.25, 0.3) is 5.91 Å². The molecule has 0 bridgehead atoms. The molecule has 5 heteroatoms. The molecule has 2 heterocycles. The van der Waals surface area contributed by atoms with Crippen molar-refractivity contribution in [3.63, 3.8) is 0 Å². The molecule has 19 heavy (non-hydrogen) atoms. The highest BCUT2D eigenvalue weighted by Crippen LogP contribution is 2.27. The highest BCUT2D eigenvalue weighted by Gasteiger charge is 2.13.